The van der Waals surface area contributed by atoms with Crippen molar-refractivity contribution in [2.45, 2.75) is 25.8 Å². The molecule has 0 bridgehead atoms. The Balaban J connectivity index is 2.68. The first-order valence-electron chi connectivity index (χ1n) is 4.52. The second-order valence-corrected chi connectivity index (χ2v) is 3.58. The summed E-state index contributed by atoms with van der Waals surface area (Å²) < 4.78 is 0. The van der Waals surface area contributed by atoms with Crippen molar-refractivity contribution < 1.29 is 0 Å². The van der Waals surface area contributed by atoms with Crippen LogP contribution in [0.1, 0.15) is 34.7 Å². The van der Waals surface area contributed by atoms with Crippen LogP contribution in [0.5, 0.6) is 0 Å². The molecule has 1 aromatic carbocycles. The first-order chi connectivity index (χ1) is 6.24. The fourth-order valence-electron chi connectivity index (χ4n) is 2.07. The summed E-state index contributed by atoms with van der Waals surface area (Å²) in [6, 6.07) is 6.16. The molecule has 66 valence electrons. The molecule has 2 heteroatoms. The van der Waals surface area contributed by atoms with Gasteiger partial charge in [0.2, 0.25) is 0 Å². The minimum atomic E-state index is 0.0737. The highest BCUT2D eigenvalue weighted by Crippen LogP contribution is 2.33. The molecular formula is C11H12N2. The zero-order valence-corrected chi connectivity index (χ0v) is 7.67. The molecule has 0 amide bonds. The number of nitrogens with two attached hydrogens (primary N) is 1. The van der Waals surface area contributed by atoms with Gasteiger partial charge < -0.3 is 5.73 Å². The lowest BCUT2D eigenvalue weighted by Gasteiger charge is -2.08. The molecule has 1 aliphatic carbocycles. The molecule has 0 aromatic heterocycles. The number of fused-ring (bicyclic) bond motifs is 1. The van der Waals surface area contributed by atoms with Gasteiger partial charge in [0, 0.05) is 6.04 Å². The molecule has 2 rings (SSSR count). The zero-order valence-electron chi connectivity index (χ0n) is 7.67. The van der Waals surface area contributed by atoms with Gasteiger partial charge in [-0.25, -0.2) is 0 Å². The SMILES string of the molecule is Cc1ccc(C#N)c2c1CCC2N. The van der Waals surface area contributed by atoms with E-state index in [1.165, 1.54) is 11.1 Å². The number of hydrogen-bond donors (Lipinski definition) is 1. The van der Waals surface area contributed by atoms with Crippen molar-refractivity contribution in [1.29, 1.82) is 5.26 Å². The summed E-state index contributed by atoms with van der Waals surface area (Å²) in [7, 11) is 0. The number of nitrogens with zero attached hydrogens (tertiary/aromatic N) is 1. The fourth-order valence-corrected chi connectivity index (χ4v) is 2.07. The number of rotatable bonds is 0. The van der Waals surface area contributed by atoms with E-state index >= 15 is 0 Å². The van der Waals surface area contributed by atoms with Gasteiger partial charge in [0.15, 0.2) is 0 Å². The highest BCUT2D eigenvalue weighted by atomic mass is 14.6. The maximum atomic E-state index is 8.90. The van der Waals surface area contributed by atoms with Crippen molar-refractivity contribution in [2.75, 3.05) is 0 Å². The summed E-state index contributed by atoms with van der Waals surface area (Å²) in [5.41, 5.74) is 10.3. The molecule has 0 aliphatic heterocycles. The van der Waals surface area contributed by atoms with Crippen molar-refractivity contribution in [3.63, 3.8) is 0 Å². The maximum absolute atomic E-state index is 8.90. The van der Waals surface area contributed by atoms with Crippen LogP contribution in [0.15, 0.2) is 12.1 Å². The van der Waals surface area contributed by atoms with Gasteiger partial charge in [-0.3, -0.25) is 0 Å². The van der Waals surface area contributed by atoms with E-state index in [2.05, 4.69) is 13.0 Å². The molecule has 2 nitrogen and oxygen atoms in total. The van der Waals surface area contributed by atoms with Gasteiger partial charge in [-0.15, -0.1) is 0 Å². The van der Waals surface area contributed by atoms with E-state index in [1.807, 2.05) is 12.1 Å². The standard InChI is InChI=1S/C11H12N2/c1-7-2-3-8(6-12)11-9(7)4-5-10(11)13/h2-3,10H,4-5,13H2,1H3. The number of benzene rings is 1. The molecule has 0 spiro atoms. The lowest BCUT2D eigenvalue weighted by Crippen LogP contribution is -2.07. The van der Waals surface area contributed by atoms with Crippen molar-refractivity contribution in [3.05, 3.63) is 34.4 Å². The number of hydrogen-bond acceptors (Lipinski definition) is 2. The van der Waals surface area contributed by atoms with Crippen molar-refractivity contribution in [3.8, 4) is 6.07 Å². The van der Waals surface area contributed by atoms with Gasteiger partial charge in [-0.05, 0) is 42.5 Å². The van der Waals surface area contributed by atoms with Crippen molar-refractivity contribution in [2.24, 2.45) is 5.73 Å². The van der Waals surface area contributed by atoms with E-state index in [9.17, 15) is 0 Å². The summed E-state index contributed by atoms with van der Waals surface area (Å²) in [5.74, 6) is 0. The summed E-state index contributed by atoms with van der Waals surface area (Å²) in [6.45, 7) is 2.08. The minimum absolute atomic E-state index is 0.0737. The average molecular weight is 172 g/mol. The Morgan fingerprint density at radius 3 is 3.00 bits per heavy atom. The molecule has 13 heavy (non-hydrogen) atoms. The first-order valence-corrected chi connectivity index (χ1v) is 4.52. The van der Waals surface area contributed by atoms with E-state index in [1.54, 1.807) is 0 Å². The third kappa shape index (κ3) is 1.13. The van der Waals surface area contributed by atoms with E-state index in [0.29, 0.717) is 0 Å². The Bertz CT molecular complexity index is 388. The van der Waals surface area contributed by atoms with Gasteiger partial charge >= 0.3 is 0 Å². The summed E-state index contributed by atoms with van der Waals surface area (Å²) in [6.07, 6.45) is 2.01. The molecule has 0 saturated heterocycles. The van der Waals surface area contributed by atoms with Crippen LogP contribution in [0.3, 0.4) is 0 Å². The molecule has 1 unspecified atom stereocenters. The van der Waals surface area contributed by atoms with Crippen LogP contribution in [0, 0.1) is 18.3 Å². The lowest BCUT2D eigenvalue weighted by molar-refractivity contribution is 0.712. The Kier molecular flexibility index (Phi) is 1.82. The normalized spacial score (nSPS) is 19.6. The number of nitriles is 1. The van der Waals surface area contributed by atoms with E-state index < -0.39 is 0 Å². The topological polar surface area (TPSA) is 49.8 Å². The van der Waals surface area contributed by atoms with Gasteiger partial charge in [0.1, 0.15) is 0 Å². The smallest absolute Gasteiger partial charge is 0.0995 e. The average Bonchev–Trinajstić information content (AvgIpc) is 2.51. The molecule has 0 fully saturated rings. The number of aryl methyl sites for hydroxylation is 1. The van der Waals surface area contributed by atoms with Crippen LogP contribution in [-0.4, -0.2) is 0 Å². The monoisotopic (exact) mass is 172 g/mol. The Hall–Kier alpha value is -1.33. The Morgan fingerprint density at radius 1 is 1.54 bits per heavy atom. The van der Waals surface area contributed by atoms with Crippen LogP contribution in [-0.2, 0) is 6.42 Å². The highest BCUT2D eigenvalue weighted by Gasteiger charge is 2.23. The van der Waals surface area contributed by atoms with Gasteiger partial charge in [-0.2, -0.15) is 5.26 Å². The van der Waals surface area contributed by atoms with Crippen LogP contribution in [0.2, 0.25) is 0 Å². The molecule has 1 aliphatic rings. The zero-order chi connectivity index (χ0) is 9.42. The third-order valence-corrected chi connectivity index (χ3v) is 2.79. The molecule has 0 radical (unpaired) electrons. The van der Waals surface area contributed by atoms with E-state index in [-0.39, 0.29) is 6.04 Å². The molecule has 1 aromatic rings. The van der Waals surface area contributed by atoms with Gasteiger partial charge in [0.05, 0.1) is 11.6 Å². The van der Waals surface area contributed by atoms with Gasteiger partial charge in [-0.1, -0.05) is 6.07 Å². The largest absolute Gasteiger partial charge is 0.324 e. The predicted octanol–water partition coefficient (Wildman–Crippen LogP) is 1.81. The summed E-state index contributed by atoms with van der Waals surface area (Å²) in [5, 5.41) is 8.90. The molecule has 0 heterocycles. The second-order valence-electron chi connectivity index (χ2n) is 3.58. The van der Waals surface area contributed by atoms with Crippen molar-refractivity contribution >= 4 is 0 Å². The Morgan fingerprint density at radius 2 is 2.31 bits per heavy atom. The van der Waals surface area contributed by atoms with Crippen LogP contribution < -0.4 is 5.73 Å². The molecule has 2 N–H and O–H groups in total. The first kappa shape index (κ1) is 8.28. The van der Waals surface area contributed by atoms with E-state index in [4.69, 9.17) is 11.0 Å². The maximum Gasteiger partial charge on any atom is 0.0995 e. The summed E-state index contributed by atoms with van der Waals surface area (Å²) in [4.78, 5) is 0. The van der Waals surface area contributed by atoms with Gasteiger partial charge in [0.25, 0.3) is 0 Å². The molecule has 1 atom stereocenters. The van der Waals surface area contributed by atoms with Crippen molar-refractivity contribution in [1.82, 2.24) is 0 Å². The lowest BCUT2D eigenvalue weighted by atomic mass is 9.98. The second kappa shape index (κ2) is 2.86. The molecular weight excluding hydrogens is 160 g/mol. The van der Waals surface area contributed by atoms with Crippen LogP contribution in [0.25, 0.3) is 0 Å². The summed E-state index contributed by atoms with van der Waals surface area (Å²) >= 11 is 0. The van der Waals surface area contributed by atoms with E-state index in [0.717, 1.165) is 24.0 Å². The van der Waals surface area contributed by atoms with Crippen LogP contribution >= 0.6 is 0 Å². The quantitative estimate of drug-likeness (QED) is 0.648. The molecule has 0 saturated carbocycles. The minimum Gasteiger partial charge on any atom is -0.324 e. The fraction of sp³-hybridized carbons (Fsp3) is 0.364. The Labute approximate surface area is 78.0 Å². The third-order valence-electron chi connectivity index (χ3n) is 2.79. The van der Waals surface area contributed by atoms with Crippen LogP contribution in [0.4, 0.5) is 0 Å². The predicted molar refractivity (Wildman–Crippen MR) is 51.1 cm³/mol. The highest BCUT2D eigenvalue weighted by molar-refractivity contribution is 5.50.